The predicted molar refractivity (Wildman–Crippen MR) is 72.5 cm³/mol. The van der Waals surface area contributed by atoms with Crippen LogP contribution in [0.15, 0.2) is 29.8 Å². The number of benzene rings is 1. The Bertz CT molecular complexity index is 570. The van der Waals surface area contributed by atoms with Crippen LogP contribution in [0.4, 0.5) is 8.78 Å². The molecule has 2 rings (SSSR count). The zero-order valence-electron chi connectivity index (χ0n) is 11.3. The first-order valence-corrected chi connectivity index (χ1v) is 6.56. The van der Waals surface area contributed by atoms with E-state index in [0.717, 1.165) is 12.8 Å². The van der Waals surface area contributed by atoms with Crippen LogP contribution < -0.4 is 4.74 Å². The van der Waals surface area contributed by atoms with Crippen molar-refractivity contribution in [2.45, 2.75) is 19.5 Å². The van der Waals surface area contributed by atoms with Gasteiger partial charge in [-0.1, -0.05) is 12.1 Å². The summed E-state index contributed by atoms with van der Waals surface area (Å²) in [6, 6.07) is 7.67. The van der Waals surface area contributed by atoms with Gasteiger partial charge in [0.15, 0.2) is 0 Å². The van der Waals surface area contributed by atoms with Gasteiger partial charge in [-0.2, -0.15) is 14.0 Å². The molecule has 1 heterocycles. The number of likely N-dealkylation sites (tertiary alicyclic amines) is 1. The summed E-state index contributed by atoms with van der Waals surface area (Å²) in [7, 11) is 0. The predicted octanol–water partition coefficient (Wildman–Crippen LogP) is 2.82. The molecule has 0 atom stereocenters. The Morgan fingerprint density at radius 2 is 1.90 bits per heavy atom. The van der Waals surface area contributed by atoms with E-state index >= 15 is 0 Å². The Kier molecular flexibility index (Phi) is 4.88. The molecule has 21 heavy (non-hydrogen) atoms. The van der Waals surface area contributed by atoms with E-state index in [4.69, 9.17) is 5.26 Å². The van der Waals surface area contributed by atoms with Crippen molar-refractivity contribution in [3.8, 4) is 11.8 Å². The van der Waals surface area contributed by atoms with E-state index < -0.39 is 6.61 Å². The summed E-state index contributed by atoms with van der Waals surface area (Å²) in [5.41, 5.74) is 0.625. The highest BCUT2D eigenvalue weighted by atomic mass is 19.3. The molecule has 0 aliphatic carbocycles. The molecule has 110 valence electrons. The maximum Gasteiger partial charge on any atom is 0.387 e. The van der Waals surface area contributed by atoms with Crippen molar-refractivity contribution >= 4 is 12.0 Å². The number of nitrogens with zero attached hydrogens (tertiary/aromatic N) is 2. The van der Waals surface area contributed by atoms with E-state index in [1.54, 1.807) is 4.90 Å². The lowest BCUT2D eigenvalue weighted by Gasteiger charge is -2.14. The van der Waals surface area contributed by atoms with Gasteiger partial charge in [0, 0.05) is 13.1 Å². The van der Waals surface area contributed by atoms with E-state index in [2.05, 4.69) is 4.74 Å². The third-order valence-corrected chi connectivity index (χ3v) is 3.16. The number of nitriles is 1. The van der Waals surface area contributed by atoms with Gasteiger partial charge in [-0.05, 0) is 36.6 Å². The quantitative estimate of drug-likeness (QED) is 0.633. The number of hydrogen-bond donors (Lipinski definition) is 0. The first kappa shape index (κ1) is 15.0. The van der Waals surface area contributed by atoms with Crippen molar-refractivity contribution in [3.63, 3.8) is 0 Å². The molecule has 1 fully saturated rings. The van der Waals surface area contributed by atoms with Crippen LogP contribution in [-0.2, 0) is 4.79 Å². The number of hydrogen-bond acceptors (Lipinski definition) is 3. The summed E-state index contributed by atoms with van der Waals surface area (Å²) >= 11 is 0. The number of carbonyl (C=O) groups is 1. The topological polar surface area (TPSA) is 53.3 Å². The fourth-order valence-electron chi connectivity index (χ4n) is 2.14. The third-order valence-electron chi connectivity index (χ3n) is 3.16. The summed E-state index contributed by atoms with van der Waals surface area (Å²) < 4.78 is 28.3. The number of halogens is 2. The van der Waals surface area contributed by atoms with Gasteiger partial charge in [0.05, 0.1) is 0 Å². The van der Waals surface area contributed by atoms with Gasteiger partial charge in [0.1, 0.15) is 17.4 Å². The normalized spacial score (nSPS) is 15.1. The highest BCUT2D eigenvalue weighted by molar-refractivity contribution is 6.01. The third kappa shape index (κ3) is 4.02. The number of ether oxygens (including phenoxy) is 1. The van der Waals surface area contributed by atoms with Gasteiger partial charge >= 0.3 is 6.61 Å². The van der Waals surface area contributed by atoms with Gasteiger partial charge in [-0.3, -0.25) is 4.79 Å². The molecule has 0 unspecified atom stereocenters. The summed E-state index contributed by atoms with van der Waals surface area (Å²) in [6.07, 6.45) is 3.35. The largest absolute Gasteiger partial charge is 0.435 e. The van der Waals surface area contributed by atoms with E-state index in [1.807, 2.05) is 6.07 Å². The summed E-state index contributed by atoms with van der Waals surface area (Å²) in [4.78, 5) is 13.7. The molecule has 0 radical (unpaired) electrons. The summed E-state index contributed by atoms with van der Waals surface area (Å²) in [5, 5.41) is 9.10. The summed E-state index contributed by atoms with van der Waals surface area (Å²) in [5.74, 6) is -0.255. The van der Waals surface area contributed by atoms with E-state index in [-0.39, 0.29) is 17.2 Å². The first-order valence-electron chi connectivity index (χ1n) is 6.56. The SMILES string of the molecule is N#C/C(=C\c1ccc(OC(F)F)cc1)C(=O)N1CCCC1. The molecule has 1 aromatic rings. The maximum atomic E-state index is 12.1. The van der Waals surface area contributed by atoms with Crippen LogP contribution in [0.2, 0.25) is 0 Å². The van der Waals surface area contributed by atoms with Crippen molar-refractivity contribution in [1.82, 2.24) is 4.90 Å². The minimum Gasteiger partial charge on any atom is -0.435 e. The molecule has 1 aliphatic heterocycles. The molecule has 6 heteroatoms. The molecular formula is C15H14F2N2O2. The highest BCUT2D eigenvalue weighted by Crippen LogP contribution is 2.18. The van der Waals surface area contributed by atoms with Crippen LogP contribution in [0, 0.1) is 11.3 Å². The average Bonchev–Trinajstić information content (AvgIpc) is 2.99. The van der Waals surface area contributed by atoms with E-state index in [0.29, 0.717) is 18.7 Å². The minimum absolute atomic E-state index is 0.0338. The standard InChI is InChI=1S/C15H14F2N2O2/c16-15(17)21-13-5-3-11(4-6-13)9-12(10-18)14(20)19-7-1-2-8-19/h3-6,9,15H,1-2,7-8H2/b12-9+. The second kappa shape index (κ2) is 6.84. The monoisotopic (exact) mass is 292 g/mol. The minimum atomic E-state index is -2.88. The van der Waals surface area contributed by atoms with E-state index in [9.17, 15) is 13.6 Å². The number of carbonyl (C=O) groups excluding carboxylic acids is 1. The second-order valence-electron chi connectivity index (χ2n) is 4.62. The highest BCUT2D eigenvalue weighted by Gasteiger charge is 2.21. The molecule has 1 amide bonds. The zero-order valence-corrected chi connectivity index (χ0v) is 11.3. The maximum absolute atomic E-state index is 12.1. The van der Waals surface area contributed by atoms with Crippen molar-refractivity contribution in [2.24, 2.45) is 0 Å². The van der Waals surface area contributed by atoms with Gasteiger partial charge in [0.2, 0.25) is 0 Å². The number of amides is 1. The lowest BCUT2D eigenvalue weighted by atomic mass is 10.1. The van der Waals surface area contributed by atoms with E-state index in [1.165, 1.54) is 30.3 Å². The molecular weight excluding hydrogens is 278 g/mol. The molecule has 0 aromatic heterocycles. The second-order valence-corrected chi connectivity index (χ2v) is 4.62. The van der Waals surface area contributed by atoms with Crippen molar-refractivity contribution in [1.29, 1.82) is 5.26 Å². The Balaban J connectivity index is 2.12. The zero-order chi connectivity index (χ0) is 15.2. The smallest absolute Gasteiger partial charge is 0.387 e. The van der Waals surface area contributed by atoms with Crippen molar-refractivity contribution in [2.75, 3.05) is 13.1 Å². The first-order chi connectivity index (χ1) is 10.1. The van der Waals surface area contributed by atoms with Crippen LogP contribution in [0.5, 0.6) is 5.75 Å². The lowest BCUT2D eigenvalue weighted by molar-refractivity contribution is -0.125. The van der Waals surface area contributed by atoms with Crippen LogP contribution in [-0.4, -0.2) is 30.5 Å². The Morgan fingerprint density at radius 1 is 1.29 bits per heavy atom. The molecule has 1 saturated heterocycles. The molecule has 4 nitrogen and oxygen atoms in total. The van der Waals surface area contributed by atoms with Gasteiger partial charge in [-0.25, -0.2) is 0 Å². The van der Waals surface area contributed by atoms with Gasteiger partial charge in [0.25, 0.3) is 5.91 Å². The molecule has 1 aromatic carbocycles. The molecule has 0 saturated carbocycles. The fraction of sp³-hybridized carbons (Fsp3) is 0.333. The van der Waals surface area contributed by atoms with Crippen LogP contribution in [0.25, 0.3) is 6.08 Å². The van der Waals surface area contributed by atoms with Crippen LogP contribution in [0.3, 0.4) is 0 Å². The fourth-order valence-corrected chi connectivity index (χ4v) is 2.14. The number of rotatable bonds is 4. The molecule has 0 N–H and O–H groups in total. The Morgan fingerprint density at radius 3 is 2.43 bits per heavy atom. The van der Waals surface area contributed by atoms with Crippen LogP contribution in [0.1, 0.15) is 18.4 Å². The van der Waals surface area contributed by atoms with Gasteiger partial charge < -0.3 is 9.64 Å². The summed E-state index contributed by atoms with van der Waals surface area (Å²) in [6.45, 7) is -1.55. The molecule has 0 bridgehead atoms. The lowest BCUT2D eigenvalue weighted by Crippen LogP contribution is -2.28. The molecule has 1 aliphatic rings. The van der Waals surface area contributed by atoms with Crippen LogP contribution >= 0.6 is 0 Å². The van der Waals surface area contributed by atoms with Crippen molar-refractivity contribution in [3.05, 3.63) is 35.4 Å². The van der Waals surface area contributed by atoms with Gasteiger partial charge in [-0.15, -0.1) is 0 Å². The Hall–Kier alpha value is -2.42. The molecule has 0 spiro atoms. The van der Waals surface area contributed by atoms with Crippen molar-refractivity contribution < 1.29 is 18.3 Å². The Labute approximate surface area is 121 Å². The number of alkyl halides is 2. The average molecular weight is 292 g/mol.